The normalized spacial score (nSPS) is 25.3. The van der Waals surface area contributed by atoms with Crippen LogP contribution in [0.25, 0.3) is 0 Å². The van der Waals surface area contributed by atoms with Gasteiger partial charge in [0, 0.05) is 74.8 Å². The second kappa shape index (κ2) is 31.2. The Labute approximate surface area is 475 Å². The van der Waals surface area contributed by atoms with Crippen molar-refractivity contribution < 1.29 is 57.8 Å². The highest BCUT2D eigenvalue weighted by atomic mass is 16.5. The van der Waals surface area contributed by atoms with Gasteiger partial charge in [0.15, 0.2) is 0 Å². The van der Waals surface area contributed by atoms with Gasteiger partial charge in [-0.1, -0.05) is 78.3 Å². The number of hydrogen-bond acceptors (Lipinski definition) is 12. The van der Waals surface area contributed by atoms with Gasteiger partial charge < -0.3 is 60.1 Å². The van der Waals surface area contributed by atoms with Gasteiger partial charge in [-0.2, -0.15) is 0 Å². The highest BCUT2D eigenvalue weighted by Gasteiger charge is 2.42. The topological polar surface area (TPSA) is 259 Å². The molecule has 0 bridgehead atoms. The summed E-state index contributed by atoms with van der Waals surface area (Å²) in [6.45, 7) is 17.4. The monoisotopic (exact) mass is 1120 g/mol. The van der Waals surface area contributed by atoms with E-state index in [0.717, 1.165) is 24.2 Å². The van der Waals surface area contributed by atoms with Gasteiger partial charge in [-0.3, -0.25) is 47.9 Å². The lowest BCUT2D eigenvalue weighted by atomic mass is 9.95. The smallest absolute Gasteiger partial charge is 0.248 e. The Balaban J connectivity index is 2.26. The van der Waals surface area contributed by atoms with Crippen molar-refractivity contribution in [2.24, 2.45) is 17.8 Å². The number of aliphatic hydroxyl groups is 1. The molecule has 3 rings (SSSR count). The molecule has 0 saturated carbocycles. The second-order valence-corrected chi connectivity index (χ2v) is 23.9. The average molecular weight is 1130 g/mol. The highest BCUT2D eigenvalue weighted by Crippen LogP contribution is 2.22. The van der Waals surface area contributed by atoms with Crippen molar-refractivity contribution in [3.63, 3.8) is 0 Å². The van der Waals surface area contributed by atoms with E-state index in [1.807, 2.05) is 40.7 Å². The fourth-order valence-corrected chi connectivity index (χ4v) is 9.89. The van der Waals surface area contributed by atoms with E-state index in [9.17, 15) is 53.1 Å². The predicted molar refractivity (Wildman–Crippen MR) is 303 cm³/mol. The minimum atomic E-state index is -1.59. The molecular weight excluding hydrogens is 1030 g/mol. The number of nitrogens with one attached hydrogen (secondary N) is 3. The van der Waals surface area contributed by atoms with Crippen LogP contribution in [-0.2, 0) is 59.1 Å². The molecule has 2 aliphatic rings. The first kappa shape index (κ1) is 68.1. The van der Waals surface area contributed by atoms with Gasteiger partial charge >= 0.3 is 0 Å². The Kier molecular flexibility index (Phi) is 26.5. The summed E-state index contributed by atoms with van der Waals surface area (Å²) in [5.41, 5.74) is -0.0853. The predicted octanol–water partition coefficient (Wildman–Crippen LogP) is 2.05. The van der Waals surface area contributed by atoms with Gasteiger partial charge in [0.2, 0.25) is 59.1 Å². The summed E-state index contributed by atoms with van der Waals surface area (Å²) in [6.07, 6.45) is 0.808. The molecule has 10 amide bonds. The molecule has 450 valence electrons. The van der Waals surface area contributed by atoms with Crippen LogP contribution in [0.3, 0.4) is 0 Å². The van der Waals surface area contributed by atoms with Gasteiger partial charge in [-0.05, 0) is 83.1 Å². The lowest BCUT2D eigenvalue weighted by Crippen LogP contribution is -2.62. The van der Waals surface area contributed by atoms with Crippen molar-refractivity contribution in [1.29, 1.82) is 0 Å². The molecule has 0 aliphatic carbocycles. The molecule has 0 radical (unpaired) electrons. The first-order chi connectivity index (χ1) is 37.3. The summed E-state index contributed by atoms with van der Waals surface area (Å²) in [5.74, 6) is -7.46. The molecule has 4 N–H and O–H groups in total. The van der Waals surface area contributed by atoms with Crippen molar-refractivity contribution in [2.75, 3.05) is 75.1 Å². The zero-order valence-corrected chi connectivity index (χ0v) is 50.7. The standard InChI is InChI=1S/C58H96N10O12/c1-17-38(6)50-53(75)59-41(55(77)68-27-22-19-23-28-68)33-47(71)62(11)29-26-46(70)65(14)45(32-40-24-20-18-21-25-40)56(78)66(15)44(31-37(4)5)52(74)61-49(39(7)69)57(79)63(12)34-48(72)64(13)43(30-36(2)3)51(73)60-42(54(76)67(50)16)35-80-58(8,9)10/h18,20-21,24-25,36-39,41-45,49-50,69H,17,19,22-23,26-35H2,1-16H3,(H,59,75)(H,60,73)(H,61,74)/t38-,39+,41-,42-,43-,44-,45-,49-,50-/m0/s1. The number of likely N-dealkylation sites (N-methyl/N-ethyl adjacent to an activating group) is 5. The number of carbonyl (C=O) groups is 10. The van der Waals surface area contributed by atoms with Crippen molar-refractivity contribution >= 4 is 59.1 Å². The molecule has 2 saturated heterocycles. The van der Waals surface area contributed by atoms with E-state index in [2.05, 4.69) is 16.0 Å². The molecule has 22 heteroatoms. The largest absolute Gasteiger partial charge is 0.391 e. The van der Waals surface area contributed by atoms with Gasteiger partial charge in [-0.25, -0.2) is 0 Å². The molecule has 9 atom stereocenters. The highest BCUT2D eigenvalue weighted by molar-refractivity contribution is 5.98. The maximum Gasteiger partial charge on any atom is 0.248 e. The van der Waals surface area contributed by atoms with Crippen LogP contribution in [-0.4, -0.2) is 228 Å². The molecule has 0 spiro atoms. The number of benzene rings is 1. The number of ether oxygens (including phenoxy) is 1. The average Bonchev–Trinajstić information content (AvgIpc) is 3.41. The van der Waals surface area contributed by atoms with Crippen LogP contribution >= 0.6 is 0 Å². The quantitative estimate of drug-likeness (QED) is 0.235. The lowest BCUT2D eigenvalue weighted by Gasteiger charge is -2.37. The molecule has 1 aromatic carbocycles. The van der Waals surface area contributed by atoms with Crippen molar-refractivity contribution in [2.45, 2.75) is 181 Å². The number of rotatable bonds is 12. The van der Waals surface area contributed by atoms with Crippen LogP contribution < -0.4 is 16.0 Å². The fourth-order valence-electron chi connectivity index (χ4n) is 9.89. The summed E-state index contributed by atoms with van der Waals surface area (Å²) in [7, 11) is 8.50. The number of nitrogens with zero attached hydrogens (tertiary/aromatic N) is 7. The van der Waals surface area contributed by atoms with E-state index < -0.39 is 132 Å². The Morgan fingerprint density at radius 1 is 0.637 bits per heavy atom. The summed E-state index contributed by atoms with van der Waals surface area (Å²) < 4.78 is 6.10. The first-order valence-corrected chi connectivity index (χ1v) is 28.4. The van der Waals surface area contributed by atoms with Crippen molar-refractivity contribution in [3.8, 4) is 0 Å². The van der Waals surface area contributed by atoms with E-state index >= 15 is 0 Å². The fraction of sp³-hybridized carbons (Fsp3) is 0.724. The van der Waals surface area contributed by atoms with Crippen LogP contribution in [0, 0.1) is 17.8 Å². The number of amides is 10. The zero-order chi connectivity index (χ0) is 60.5. The molecule has 2 fully saturated rings. The van der Waals surface area contributed by atoms with E-state index in [0.29, 0.717) is 25.1 Å². The first-order valence-electron chi connectivity index (χ1n) is 28.4. The summed E-state index contributed by atoms with van der Waals surface area (Å²) in [6, 6.07) is -0.154. The summed E-state index contributed by atoms with van der Waals surface area (Å²) in [5, 5.41) is 19.3. The molecular formula is C58H96N10O12. The van der Waals surface area contributed by atoms with E-state index in [4.69, 9.17) is 4.74 Å². The Morgan fingerprint density at radius 3 is 1.73 bits per heavy atom. The van der Waals surface area contributed by atoms with E-state index in [-0.39, 0.29) is 50.7 Å². The molecule has 2 aliphatic heterocycles. The third kappa shape index (κ3) is 19.8. The lowest BCUT2D eigenvalue weighted by molar-refractivity contribution is -0.150. The van der Waals surface area contributed by atoms with Crippen LogP contribution in [0.2, 0.25) is 0 Å². The number of aliphatic hydroxyl groups excluding tert-OH is 1. The second-order valence-electron chi connectivity index (χ2n) is 23.9. The van der Waals surface area contributed by atoms with Crippen LogP contribution in [0.4, 0.5) is 0 Å². The van der Waals surface area contributed by atoms with Gasteiger partial charge in [-0.15, -0.1) is 0 Å². The van der Waals surface area contributed by atoms with Crippen LogP contribution in [0.1, 0.15) is 126 Å². The van der Waals surface area contributed by atoms with Crippen molar-refractivity contribution in [1.82, 2.24) is 50.2 Å². The molecule has 80 heavy (non-hydrogen) atoms. The minimum absolute atomic E-state index is 0.0442. The van der Waals surface area contributed by atoms with Crippen LogP contribution in [0.5, 0.6) is 0 Å². The Hall–Kier alpha value is -6.16. The summed E-state index contributed by atoms with van der Waals surface area (Å²) in [4.78, 5) is 154. The zero-order valence-electron chi connectivity index (χ0n) is 50.7. The number of hydrogen-bond donors (Lipinski definition) is 4. The molecule has 1 aromatic rings. The Bertz CT molecular complexity index is 2290. The molecule has 0 unspecified atom stereocenters. The van der Waals surface area contributed by atoms with Gasteiger partial charge in [0.25, 0.3) is 0 Å². The number of likely N-dealkylation sites (tertiary alicyclic amines) is 1. The van der Waals surface area contributed by atoms with Crippen LogP contribution in [0.15, 0.2) is 30.3 Å². The summed E-state index contributed by atoms with van der Waals surface area (Å²) >= 11 is 0. The minimum Gasteiger partial charge on any atom is -0.391 e. The SMILES string of the molecule is CC[C@H](C)[C@H]1C(=O)N[C@H](C(=O)N2CCCCC2)CC(=O)N(C)CCC(=O)N(C)[C@@H](Cc2ccccc2)C(=O)N(C)[C@@H](CC(C)C)C(=O)N[C@@H]([C@@H](C)O)C(=O)N(C)CC(=O)N(C)[C@@H](CC(C)C)C(=O)N[C@@H](COC(C)(C)C)C(=O)N1C. The van der Waals surface area contributed by atoms with Crippen molar-refractivity contribution in [3.05, 3.63) is 35.9 Å². The molecule has 0 aromatic heterocycles. The van der Waals surface area contributed by atoms with Gasteiger partial charge in [0.05, 0.1) is 31.3 Å². The number of piperidine rings is 1. The third-order valence-corrected chi connectivity index (χ3v) is 15.1. The molecule has 2 heterocycles. The van der Waals surface area contributed by atoms with E-state index in [1.165, 1.54) is 73.7 Å². The maximum absolute atomic E-state index is 14.9. The maximum atomic E-state index is 14.9. The number of carbonyl (C=O) groups excluding carboxylic acids is 10. The van der Waals surface area contributed by atoms with E-state index in [1.54, 1.807) is 56.9 Å². The third-order valence-electron chi connectivity index (χ3n) is 15.1. The Morgan fingerprint density at radius 2 is 1.19 bits per heavy atom. The van der Waals surface area contributed by atoms with Gasteiger partial charge in [0.1, 0.15) is 42.3 Å². The molecule has 22 nitrogen and oxygen atoms in total.